The topological polar surface area (TPSA) is 95.8 Å². The fraction of sp³-hybridized carbons (Fsp3) is 0.500. The maximum absolute atomic E-state index is 9.84. The summed E-state index contributed by atoms with van der Waals surface area (Å²) in [5, 5.41) is 19.7. The molecule has 0 radical (unpaired) electrons. The summed E-state index contributed by atoms with van der Waals surface area (Å²) in [5.41, 5.74) is 1.49. The summed E-state index contributed by atoms with van der Waals surface area (Å²) in [7, 11) is 0. The highest BCUT2D eigenvalue weighted by Gasteiger charge is 2.12. The Morgan fingerprint density at radius 2 is 0.875 bits per heavy atom. The monoisotopic (exact) mass is 448 g/mol. The SMILES string of the molecule is C[C@H](O)c1ccc2c(c1)OCCOCCOc1ccc([C@H](C)O)cc1OCCOCCO2. The summed E-state index contributed by atoms with van der Waals surface area (Å²) in [6.45, 7) is 6.23. The lowest BCUT2D eigenvalue weighted by Crippen LogP contribution is -2.15. The van der Waals surface area contributed by atoms with Crippen molar-refractivity contribution in [1.29, 1.82) is 0 Å². The minimum absolute atomic E-state index is 0.327. The van der Waals surface area contributed by atoms with Crippen molar-refractivity contribution in [2.75, 3.05) is 52.9 Å². The molecule has 32 heavy (non-hydrogen) atoms. The molecule has 0 fully saturated rings. The van der Waals surface area contributed by atoms with Gasteiger partial charge >= 0.3 is 0 Å². The minimum atomic E-state index is -0.603. The molecule has 0 amide bonds. The molecule has 0 saturated heterocycles. The molecule has 2 aromatic carbocycles. The van der Waals surface area contributed by atoms with E-state index in [0.717, 1.165) is 11.1 Å². The van der Waals surface area contributed by atoms with Gasteiger partial charge in [0.25, 0.3) is 0 Å². The van der Waals surface area contributed by atoms with E-state index in [-0.39, 0.29) is 0 Å². The van der Waals surface area contributed by atoms with Crippen LogP contribution < -0.4 is 18.9 Å². The van der Waals surface area contributed by atoms with Crippen molar-refractivity contribution in [2.45, 2.75) is 26.1 Å². The van der Waals surface area contributed by atoms with Crippen LogP contribution in [-0.4, -0.2) is 63.1 Å². The lowest BCUT2D eigenvalue weighted by molar-refractivity contribution is 0.0638. The van der Waals surface area contributed by atoms with Crippen molar-refractivity contribution in [3.05, 3.63) is 47.5 Å². The van der Waals surface area contributed by atoms with E-state index in [4.69, 9.17) is 28.4 Å². The number of aliphatic hydroxyl groups is 2. The molecule has 2 N–H and O–H groups in total. The van der Waals surface area contributed by atoms with Gasteiger partial charge in [-0.15, -0.1) is 0 Å². The summed E-state index contributed by atoms with van der Waals surface area (Å²) in [6, 6.07) is 10.7. The normalized spacial score (nSPS) is 18.1. The molecule has 0 aliphatic carbocycles. The van der Waals surface area contributed by atoms with Crippen molar-refractivity contribution < 1.29 is 38.6 Å². The first-order chi connectivity index (χ1) is 15.5. The predicted molar refractivity (Wildman–Crippen MR) is 118 cm³/mol. The van der Waals surface area contributed by atoms with Gasteiger partial charge in [0.05, 0.1) is 38.6 Å². The number of hydrogen-bond donors (Lipinski definition) is 2. The minimum Gasteiger partial charge on any atom is -0.487 e. The molecule has 8 heteroatoms. The van der Waals surface area contributed by atoms with E-state index in [1.165, 1.54) is 0 Å². The molecule has 0 aromatic heterocycles. The van der Waals surface area contributed by atoms with Crippen LogP contribution in [0.2, 0.25) is 0 Å². The van der Waals surface area contributed by atoms with Crippen molar-refractivity contribution in [2.24, 2.45) is 0 Å². The van der Waals surface area contributed by atoms with Crippen LogP contribution in [0.3, 0.4) is 0 Å². The van der Waals surface area contributed by atoms with E-state index in [0.29, 0.717) is 75.9 Å². The Morgan fingerprint density at radius 3 is 1.22 bits per heavy atom. The van der Waals surface area contributed by atoms with Crippen LogP contribution in [0.25, 0.3) is 0 Å². The Balaban J connectivity index is 1.63. The molecule has 0 bridgehead atoms. The Labute approximate surface area is 188 Å². The van der Waals surface area contributed by atoms with Gasteiger partial charge in [-0.05, 0) is 49.2 Å². The van der Waals surface area contributed by atoms with Crippen molar-refractivity contribution in [1.82, 2.24) is 0 Å². The zero-order valence-corrected chi connectivity index (χ0v) is 18.6. The second-order valence-electron chi connectivity index (χ2n) is 7.38. The first-order valence-corrected chi connectivity index (χ1v) is 10.9. The van der Waals surface area contributed by atoms with Crippen LogP contribution in [0, 0.1) is 0 Å². The zero-order chi connectivity index (χ0) is 22.8. The molecule has 1 heterocycles. The number of fused-ring (bicyclic) bond motifs is 2. The van der Waals surface area contributed by atoms with Gasteiger partial charge in [-0.3, -0.25) is 0 Å². The van der Waals surface area contributed by atoms with Crippen LogP contribution in [0.15, 0.2) is 36.4 Å². The van der Waals surface area contributed by atoms with Gasteiger partial charge < -0.3 is 38.6 Å². The molecule has 0 saturated carbocycles. The van der Waals surface area contributed by atoms with Crippen LogP contribution in [-0.2, 0) is 9.47 Å². The predicted octanol–water partition coefficient (Wildman–Crippen LogP) is 3.06. The fourth-order valence-electron chi connectivity index (χ4n) is 3.08. The Bertz CT molecular complexity index is 767. The lowest BCUT2D eigenvalue weighted by Gasteiger charge is -2.17. The number of aliphatic hydroxyl groups excluding tert-OH is 2. The largest absolute Gasteiger partial charge is 0.487 e. The maximum atomic E-state index is 9.84. The van der Waals surface area contributed by atoms with Crippen LogP contribution in [0.5, 0.6) is 23.0 Å². The highest BCUT2D eigenvalue weighted by Crippen LogP contribution is 2.32. The highest BCUT2D eigenvalue weighted by atomic mass is 16.6. The molecule has 1 aliphatic rings. The van der Waals surface area contributed by atoms with E-state index in [2.05, 4.69) is 0 Å². The average molecular weight is 449 g/mol. The highest BCUT2D eigenvalue weighted by molar-refractivity contribution is 5.44. The molecular formula is C24H32O8. The molecule has 0 spiro atoms. The third-order valence-electron chi connectivity index (χ3n) is 4.84. The number of rotatable bonds is 2. The zero-order valence-electron chi connectivity index (χ0n) is 18.6. The Hall–Kier alpha value is -2.52. The van der Waals surface area contributed by atoms with E-state index < -0.39 is 12.2 Å². The van der Waals surface area contributed by atoms with Crippen molar-refractivity contribution >= 4 is 0 Å². The summed E-state index contributed by atoms with van der Waals surface area (Å²) in [6.07, 6.45) is -1.21. The Morgan fingerprint density at radius 1 is 0.531 bits per heavy atom. The number of ether oxygens (including phenoxy) is 6. The second-order valence-corrected chi connectivity index (χ2v) is 7.38. The summed E-state index contributed by atoms with van der Waals surface area (Å²) in [4.78, 5) is 0. The molecule has 2 atom stereocenters. The second kappa shape index (κ2) is 12.5. The third-order valence-corrected chi connectivity index (χ3v) is 4.84. The molecule has 3 rings (SSSR count). The van der Waals surface area contributed by atoms with Crippen molar-refractivity contribution in [3.8, 4) is 23.0 Å². The van der Waals surface area contributed by atoms with E-state index in [1.807, 2.05) is 0 Å². The molecular weight excluding hydrogens is 416 g/mol. The van der Waals surface area contributed by atoms with Crippen LogP contribution in [0.1, 0.15) is 37.2 Å². The molecule has 0 unspecified atom stereocenters. The van der Waals surface area contributed by atoms with Gasteiger partial charge in [-0.2, -0.15) is 0 Å². The Kier molecular flexibility index (Phi) is 9.43. The molecule has 8 nitrogen and oxygen atoms in total. The quantitative estimate of drug-likeness (QED) is 0.724. The first-order valence-electron chi connectivity index (χ1n) is 10.9. The smallest absolute Gasteiger partial charge is 0.161 e. The van der Waals surface area contributed by atoms with Crippen LogP contribution >= 0.6 is 0 Å². The summed E-state index contributed by atoms with van der Waals surface area (Å²) in [5.74, 6) is 2.27. The maximum Gasteiger partial charge on any atom is 0.161 e. The lowest BCUT2D eigenvalue weighted by atomic mass is 10.1. The van der Waals surface area contributed by atoms with Crippen molar-refractivity contribution in [3.63, 3.8) is 0 Å². The summed E-state index contributed by atoms with van der Waals surface area (Å²) < 4.78 is 34.5. The van der Waals surface area contributed by atoms with E-state index >= 15 is 0 Å². The average Bonchev–Trinajstić information content (AvgIpc) is 2.78. The fourth-order valence-corrected chi connectivity index (χ4v) is 3.08. The van der Waals surface area contributed by atoms with Gasteiger partial charge in [0.15, 0.2) is 23.0 Å². The summed E-state index contributed by atoms with van der Waals surface area (Å²) >= 11 is 0. The number of benzene rings is 2. The number of hydrogen-bond acceptors (Lipinski definition) is 8. The molecule has 1 aliphatic heterocycles. The standard InChI is InChI=1S/C24H32O8/c1-17(25)19-3-5-21-23(15-19)31-13-9-27-8-12-30-22-6-4-20(18(2)26)16-24(22)32-14-10-28-7-11-29-21/h3-6,15-18,25-26H,7-14H2,1-2H3/t17-,18-/m0/s1. The van der Waals surface area contributed by atoms with E-state index in [1.54, 1.807) is 50.2 Å². The van der Waals surface area contributed by atoms with Gasteiger partial charge in [-0.1, -0.05) is 12.1 Å². The van der Waals surface area contributed by atoms with Gasteiger partial charge in [0, 0.05) is 0 Å². The third kappa shape index (κ3) is 7.27. The van der Waals surface area contributed by atoms with Gasteiger partial charge in [0.2, 0.25) is 0 Å². The van der Waals surface area contributed by atoms with E-state index in [9.17, 15) is 10.2 Å². The molecule has 2 aromatic rings. The molecule has 176 valence electrons. The van der Waals surface area contributed by atoms with Gasteiger partial charge in [0.1, 0.15) is 26.4 Å². The van der Waals surface area contributed by atoms with Gasteiger partial charge in [-0.25, -0.2) is 0 Å². The van der Waals surface area contributed by atoms with Crippen LogP contribution in [0.4, 0.5) is 0 Å². The first kappa shape index (κ1) is 24.1.